The average molecular weight is 318 g/mol. The van der Waals surface area contributed by atoms with Gasteiger partial charge in [0.2, 0.25) is 0 Å². The van der Waals surface area contributed by atoms with E-state index in [4.69, 9.17) is 15.8 Å². The van der Waals surface area contributed by atoms with E-state index in [1.54, 1.807) is 0 Å². The molecule has 2 aromatic rings. The zero-order valence-corrected chi connectivity index (χ0v) is 11.6. The summed E-state index contributed by atoms with van der Waals surface area (Å²) in [6.07, 6.45) is 0. The molecule has 0 amide bonds. The predicted molar refractivity (Wildman–Crippen MR) is 67.9 cm³/mol. The molecule has 0 atom stereocenters. The highest BCUT2D eigenvalue weighted by Crippen LogP contribution is 2.28. The first-order valence-corrected chi connectivity index (χ1v) is 7.50. The normalized spacial score (nSPS) is 11.2. The number of hydrogen-bond donors (Lipinski definition) is 0. The van der Waals surface area contributed by atoms with E-state index in [1.165, 1.54) is 36.4 Å². The van der Waals surface area contributed by atoms with Crippen LogP contribution in [0, 0.1) is 0 Å². The Labute approximate surface area is 118 Å². The number of carbonyl (C=O) groups is 1. The van der Waals surface area contributed by atoms with Crippen LogP contribution in [0.5, 0.6) is 5.75 Å². The van der Waals surface area contributed by atoms with Crippen LogP contribution < -0.4 is 9.29 Å². The third-order valence-corrected chi connectivity index (χ3v) is 5.02. The number of thiophene rings is 1. The standard InChI is InChI=1S/C11H7ClO5S2/c12-9-5-6-10(18-9)19(15,16)17-8-3-1-7(2-4-8)11(13)14/h1-6H,(H,13,14)/p-1. The molecule has 0 aliphatic carbocycles. The molecule has 0 saturated heterocycles. The fourth-order valence-electron chi connectivity index (χ4n) is 1.25. The van der Waals surface area contributed by atoms with Crippen molar-refractivity contribution >= 4 is 39.0 Å². The van der Waals surface area contributed by atoms with Gasteiger partial charge in [-0.05, 0) is 42.0 Å². The van der Waals surface area contributed by atoms with Crippen LogP contribution in [0.4, 0.5) is 0 Å². The molecule has 1 aromatic heterocycles. The van der Waals surface area contributed by atoms with Crippen LogP contribution in [0.25, 0.3) is 0 Å². The molecule has 0 aliphatic rings. The van der Waals surface area contributed by atoms with Crippen molar-refractivity contribution in [3.63, 3.8) is 0 Å². The largest absolute Gasteiger partial charge is 0.545 e. The number of halogens is 1. The lowest BCUT2D eigenvalue weighted by Gasteiger charge is -2.06. The number of hydrogen-bond acceptors (Lipinski definition) is 6. The van der Waals surface area contributed by atoms with Crippen LogP contribution in [0.3, 0.4) is 0 Å². The Hall–Kier alpha value is -1.57. The van der Waals surface area contributed by atoms with Crippen LogP contribution in [0.1, 0.15) is 10.4 Å². The highest BCUT2D eigenvalue weighted by atomic mass is 35.5. The maximum atomic E-state index is 11.8. The SMILES string of the molecule is O=C([O-])c1ccc(OS(=O)(=O)c2ccc(Cl)s2)cc1. The molecule has 0 fully saturated rings. The first-order chi connectivity index (χ1) is 8.88. The number of carboxylic acid groups (broad SMARTS) is 1. The summed E-state index contributed by atoms with van der Waals surface area (Å²) in [6.45, 7) is 0. The van der Waals surface area contributed by atoms with E-state index in [2.05, 4.69) is 0 Å². The molecule has 5 nitrogen and oxygen atoms in total. The summed E-state index contributed by atoms with van der Waals surface area (Å²) >= 11 is 6.52. The van der Waals surface area contributed by atoms with E-state index in [0.717, 1.165) is 11.3 Å². The summed E-state index contributed by atoms with van der Waals surface area (Å²) in [6, 6.07) is 7.64. The number of carboxylic acids is 1. The lowest BCUT2D eigenvalue weighted by atomic mass is 10.2. The van der Waals surface area contributed by atoms with E-state index < -0.39 is 16.1 Å². The molecule has 0 bridgehead atoms. The Balaban J connectivity index is 2.23. The lowest BCUT2D eigenvalue weighted by Crippen LogP contribution is -2.22. The van der Waals surface area contributed by atoms with E-state index in [-0.39, 0.29) is 15.5 Å². The van der Waals surface area contributed by atoms with Gasteiger partial charge in [0, 0.05) is 0 Å². The molecule has 0 aliphatic heterocycles. The molecule has 0 unspecified atom stereocenters. The number of rotatable bonds is 4. The van der Waals surface area contributed by atoms with Crippen molar-refractivity contribution in [3.8, 4) is 5.75 Å². The smallest absolute Gasteiger partial charge is 0.348 e. The fourth-order valence-corrected chi connectivity index (χ4v) is 3.62. The van der Waals surface area contributed by atoms with Crippen molar-refractivity contribution < 1.29 is 22.5 Å². The van der Waals surface area contributed by atoms with Crippen molar-refractivity contribution in [3.05, 3.63) is 46.3 Å². The predicted octanol–water partition coefficient (Wildman–Crippen LogP) is 1.53. The summed E-state index contributed by atoms with van der Waals surface area (Å²) in [5.74, 6) is -1.34. The third-order valence-electron chi connectivity index (χ3n) is 2.09. The van der Waals surface area contributed by atoms with Gasteiger partial charge >= 0.3 is 10.1 Å². The summed E-state index contributed by atoms with van der Waals surface area (Å²) in [7, 11) is -3.95. The number of carbonyl (C=O) groups excluding carboxylic acids is 1. The second kappa shape index (κ2) is 5.20. The van der Waals surface area contributed by atoms with Gasteiger partial charge in [-0.15, -0.1) is 11.3 Å². The first kappa shape index (κ1) is 13.9. The second-order valence-electron chi connectivity index (χ2n) is 3.41. The summed E-state index contributed by atoms with van der Waals surface area (Å²) in [5, 5.41) is 10.5. The van der Waals surface area contributed by atoms with Crippen molar-refractivity contribution in [1.82, 2.24) is 0 Å². The molecule has 100 valence electrons. The molecular weight excluding hydrogens is 312 g/mol. The number of aromatic carboxylic acids is 1. The van der Waals surface area contributed by atoms with Gasteiger partial charge < -0.3 is 14.1 Å². The van der Waals surface area contributed by atoms with Crippen LogP contribution >= 0.6 is 22.9 Å². The van der Waals surface area contributed by atoms with Gasteiger partial charge in [-0.1, -0.05) is 11.6 Å². The van der Waals surface area contributed by atoms with Gasteiger partial charge in [0.05, 0.1) is 10.3 Å². The maximum absolute atomic E-state index is 11.8. The molecule has 0 spiro atoms. The van der Waals surface area contributed by atoms with Crippen LogP contribution in [-0.4, -0.2) is 14.4 Å². The highest BCUT2D eigenvalue weighted by Gasteiger charge is 2.19. The van der Waals surface area contributed by atoms with Crippen molar-refractivity contribution in [1.29, 1.82) is 0 Å². The van der Waals surface area contributed by atoms with Crippen molar-refractivity contribution in [2.24, 2.45) is 0 Å². The maximum Gasteiger partial charge on any atom is 0.348 e. The summed E-state index contributed by atoms with van der Waals surface area (Å²) in [5.41, 5.74) is -0.0658. The minimum absolute atomic E-state index is 0.00882. The Bertz CT molecular complexity index is 703. The van der Waals surface area contributed by atoms with Crippen molar-refractivity contribution in [2.75, 3.05) is 0 Å². The Kier molecular flexibility index (Phi) is 3.79. The monoisotopic (exact) mass is 317 g/mol. The van der Waals surface area contributed by atoms with Gasteiger partial charge in [0.25, 0.3) is 0 Å². The molecule has 19 heavy (non-hydrogen) atoms. The minimum Gasteiger partial charge on any atom is -0.545 e. The van der Waals surface area contributed by atoms with Gasteiger partial charge in [0.15, 0.2) is 4.21 Å². The highest BCUT2D eigenvalue weighted by molar-refractivity contribution is 7.89. The summed E-state index contributed by atoms with van der Waals surface area (Å²) in [4.78, 5) is 10.5. The molecule has 0 saturated carbocycles. The minimum atomic E-state index is -3.95. The second-order valence-corrected chi connectivity index (χ2v) is 6.90. The van der Waals surface area contributed by atoms with Gasteiger partial charge in [-0.25, -0.2) is 0 Å². The lowest BCUT2D eigenvalue weighted by molar-refractivity contribution is -0.255. The average Bonchev–Trinajstić information content (AvgIpc) is 2.77. The van der Waals surface area contributed by atoms with Gasteiger partial charge in [0.1, 0.15) is 5.75 Å². The molecule has 8 heteroatoms. The zero-order valence-electron chi connectivity index (χ0n) is 9.20. The third kappa shape index (κ3) is 3.25. The van der Waals surface area contributed by atoms with Gasteiger partial charge in [-0.2, -0.15) is 8.42 Å². The Morgan fingerprint density at radius 3 is 2.26 bits per heavy atom. The van der Waals surface area contributed by atoms with E-state index in [9.17, 15) is 18.3 Å². The number of benzene rings is 1. The van der Waals surface area contributed by atoms with E-state index >= 15 is 0 Å². The molecule has 1 heterocycles. The zero-order chi connectivity index (χ0) is 14.0. The molecular formula is C11H6ClO5S2-. The quantitative estimate of drug-likeness (QED) is 0.799. The molecule has 2 rings (SSSR count). The van der Waals surface area contributed by atoms with Crippen LogP contribution in [-0.2, 0) is 10.1 Å². The molecule has 0 radical (unpaired) electrons. The van der Waals surface area contributed by atoms with Crippen molar-refractivity contribution in [2.45, 2.75) is 4.21 Å². The fraction of sp³-hybridized carbons (Fsp3) is 0. The van der Waals surface area contributed by atoms with Crippen LogP contribution in [0.15, 0.2) is 40.6 Å². The first-order valence-electron chi connectivity index (χ1n) is 4.90. The topological polar surface area (TPSA) is 83.5 Å². The Morgan fingerprint density at radius 1 is 1.16 bits per heavy atom. The van der Waals surface area contributed by atoms with Crippen LogP contribution in [0.2, 0.25) is 4.34 Å². The van der Waals surface area contributed by atoms with E-state index in [0.29, 0.717) is 4.34 Å². The Morgan fingerprint density at radius 2 is 1.79 bits per heavy atom. The molecule has 1 aromatic carbocycles. The molecule has 0 N–H and O–H groups in total. The van der Waals surface area contributed by atoms with E-state index in [1.807, 2.05) is 0 Å². The van der Waals surface area contributed by atoms with Gasteiger partial charge in [-0.3, -0.25) is 0 Å². The summed E-state index contributed by atoms with van der Waals surface area (Å²) < 4.78 is 28.8.